The van der Waals surface area contributed by atoms with Gasteiger partial charge >= 0.3 is 5.97 Å². The average molecular weight is 504 g/mol. The largest absolute Gasteiger partial charge is 0.494 e. The van der Waals surface area contributed by atoms with Crippen LogP contribution in [0, 0.1) is 41.5 Å². The highest BCUT2D eigenvalue weighted by atomic mass is 35.5. The molecule has 1 heterocycles. The Hall–Kier alpha value is -2.77. The lowest BCUT2D eigenvalue weighted by atomic mass is 10.1. The smallest absolute Gasteiger partial charge is 0.352 e. The first-order valence-corrected chi connectivity index (χ1v) is 12.9. The highest BCUT2D eigenvalue weighted by Gasteiger charge is 2.32. The van der Waals surface area contributed by atoms with E-state index in [9.17, 15) is 18.3 Å². The summed E-state index contributed by atoms with van der Waals surface area (Å²) in [4.78, 5) is 12.4. The SMILES string of the molecule is Cc1cc(OCCCn2c(C)c(S(=O)(=O)c3c(C)cccc3C)c(C)c2C(=O)O)cc(C)c1Cl. The molecule has 0 amide bonds. The van der Waals surface area contributed by atoms with E-state index in [1.807, 2.05) is 26.0 Å². The Bertz CT molecular complexity index is 1330. The third kappa shape index (κ3) is 4.72. The maximum absolute atomic E-state index is 13.7. The molecule has 0 fully saturated rings. The molecule has 0 spiro atoms. The van der Waals surface area contributed by atoms with Gasteiger partial charge in [0.2, 0.25) is 9.84 Å². The minimum Gasteiger partial charge on any atom is -0.494 e. The quantitative estimate of drug-likeness (QED) is 0.381. The van der Waals surface area contributed by atoms with E-state index in [4.69, 9.17) is 16.3 Å². The lowest BCUT2D eigenvalue weighted by molar-refractivity contribution is 0.0683. The zero-order chi connectivity index (χ0) is 25.4. The molecule has 1 aromatic heterocycles. The summed E-state index contributed by atoms with van der Waals surface area (Å²) < 4.78 is 34.8. The number of ether oxygens (including phenoxy) is 1. The van der Waals surface area contributed by atoms with Gasteiger partial charge in [0, 0.05) is 22.8 Å². The normalized spacial score (nSPS) is 11.6. The van der Waals surface area contributed by atoms with Crippen molar-refractivity contribution in [1.82, 2.24) is 4.57 Å². The molecular weight excluding hydrogens is 474 g/mol. The van der Waals surface area contributed by atoms with Gasteiger partial charge in [0.15, 0.2) is 0 Å². The molecule has 2 aromatic carbocycles. The fourth-order valence-electron chi connectivity index (χ4n) is 4.55. The van der Waals surface area contributed by atoms with Gasteiger partial charge in [0.1, 0.15) is 11.4 Å². The van der Waals surface area contributed by atoms with Crippen molar-refractivity contribution in [3.05, 3.63) is 74.6 Å². The fraction of sp³-hybridized carbons (Fsp3) is 0.346. The van der Waals surface area contributed by atoms with Crippen LogP contribution in [0.5, 0.6) is 5.75 Å². The molecule has 0 aliphatic carbocycles. The van der Waals surface area contributed by atoms with Crippen LogP contribution in [-0.2, 0) is 16.4 Å². The van der Waals surface area contributed by atoms with Gasteiger partial charge in [0.05, 0.1) is 16.4 Å². The third-order valence-corrected chi connectivity index (χ3v) is 8.97. The van der Waals surface area contributed by atoms with Crippen molar-refractivity contribution in [2.75, 3.05) is 6.61 Å². The minimum atomic E-state index is -3.91. The number of carbonyl (C=O) groups is 1. The number of hydrogen-bond acceptors (Lipinski definition) is 4. The lowest BCUT2D eigenvalue weighted by Crippen LogP contribution is -2.13. The number of benzene rings is 2. The summed E-state index contributed by atoms with van der Waals surface area (Å²) >= 11 is 6.21. The van der Waals surface area contributed by atoms with E-state index in [1.165, 1.54) is 0 Å². The Balaban J connectivity index is 1.92. The van der Waals surface area contributed by atoms with E-state index in [0.29, 0.717) is 47.2 Å². The number of hydrogen-bond donors (Lipinski definition) is 1. The van der Waals surface area contributed by atoms with Crippen molar-refractivity contribution in [2.45, 2.75) is 64.3 Å². The van der Waals surface area contributed by atoms with Crippen LogP contribution in [0.2, 0.25) is 5.02 Å². The first kappa shape index (κ1) is 25.8. The van der Waals surface area contributed by atoms with Gasteiger partial charge < -0.3 is 14.4 Å². The van der Waals surface area contributed by atoms with Gasteiger partial charge in [-0.15, -0.1) is 0 Å². The molecule has 0 bridgehead atoms. The topological polar surface area (TPSA) is 85.6 Å². The number of aromatic nitrogens is 1. The van der Waals surface area contributed by atoms with Crippen molar-refractivity contribution < 1.29 is 23.1 Å². The molecule has 0 saturated carbocycles. The van der Waals surface area contributed by atoms with Crippen LogP contribution in [-0.4, -0.2) is 30.7 Å². The standard InChI is InChI=1S/C26H30ClNO5S/c1-15-9-7-10-16(2)24(15)34(31,32)25-19(5)23(26(29)30)28(20(25)6)11-8-12-33-21-13-17(3)22(27)18(4)14-21/h7,9-10,13-14H,8,11-12H2,1-6H3,(H,29,30). The zero-order valence-corrected chi connectivity index (χ0v) is 21.9. The Morgan fingerprint density at radius 3 is 2.06 bits per heavy atom. The number of aromatic carboxylic acids is 1. The Morgan fingerprint density at radius 1 is 0.971 bits per heavy atom. The van der Waals surface area contributed by atoms with Gasteiger partial charge in [-0.3, -0.25) is 0 Å². The van der Waals surface area contributed by atoms with E-state index < -0.39 is 15.8 Å². The number of rotatable bonds is 8. The van der Waals surface area contributed by atoms with Gasteiger partial charge in [-0.25, -0.2) is 13.2 Å². The van der Waals surface area contributed by atoms with E-state index >= 15 is 0 Å². The van der Waals surface area contributed by atoms with Crippen LogP contribution in [0.1, 0.15) is 50.4 Å². The maximum atomic E-state index is 13.7. The summed E-state index contributed by atoms with van der Waals surface area (Å²) in [5.41, 5.74) is 3.75. The van der Waals surface area contributed by atoms with Gasteiger partial charge in [-0.2, -0.15) is 0 Å². The van der Waals surface area contributed by atoms with E-state index in [0.717, 1.165) is 11.1 Å². The van der Waals surface area contributed by atoms with Crippen LogP contribution in [0.3, 0.4) is 0 Å². The average Bonchev–Trinajstić information content (AvgIpc) is 2.99. The lowest BCUT2D eigenvalue weighted by Gasteiger charge is -2.13. The van der Waals surface area contributed by atoms with Gasteiger partial charge in [-0.05, 0) is 82.3 Å². The van der Waals surface area contributed by atoms with Crippen molar-refractivity contribution in [3.8, 4) is 5.75 Å². The highest BCUT2D eigenvalue weighted by molar-refractivity contribution is 7.91. The second-order valence-electron chi connectivity index (χ2n) is 8.64. The first-order valence-electron chi connectivity index (χ1n) is 11.0. The Morgan fingerprint density at radius 2 is 1.53 bits per heavy atom. The number of sulfone groups is 1. The van der Waals surface area contributed by atoms with Crippen LogP contribution in [0.4, 0.5) is 0 Å². The molecule has 8 heteroatoms. The second kappa shape index (κ2) is 9.84. The van der Waals surface area contributed by atoms with Gasteiger partial charge in [0.25, 0.3) is 0 Å². The second-order valence-corrected chi connectivity index (χ2v) is 10.8. The van der Waals surface area contributed by atoms with Crippen LogP contribution in [0.15, 0.2) is 40.1 Å². The summed E-state index contributed by atoms with van der Waals surface area (Å²) in [6.07, 6.45) is 0.499. The monoisotopic (exact) mass is 503 g/mol. The molecule has 3 rings (SSSR count). The van der Waals surface area contributed by atoms with E-state index in [1.54, 1.807) is 50.5 Å². The maximum Gasteiger partial charge on any atom is 0.352 e. The van der Waals surface area contributed by atoms with Crippen molar-refractivity contribution in [3.63, 3.8) is 0 Å². The number of carboxylic acids is 1. The molecule has 182 valence electrons. The summed E-state index contributed by atoms with van der Waals surface area (Å²) in [5, 5.41) is 10.6. The van der Waals surface area contributed by atoms with E-state index in [-0.39, 0.29) is 21.0 Å². The fourth-order valence-corrected chi connectivity index (χ4v) is 6.85. The molecule has 0 atom stereocenters. The minimum absolute atomic E-state index is 0.0134. The summed E-state index contributed by atoms with van der Waals surface area (Å²) in [7, 11) is -3.91. The van der Waals surface area contributed by atoms with E-state index in [2.05, 4.69) is 0 Å². The molecule has 0 saturated heterocycles. The number of halogens is 1. The Kier molecular flexibility index (Phi) is 7.48. The predicted octanol–water partition coefficient (Wildman–Crippen LogP) is 5.99. The number of carboxylic acid groups (broad SMARTS) is 1. The summed E-state index contributed by atoms with van der Waals surface area (Å²) in [5.74, 6) is -0.468. The molecule has 0 unspecified atom stereocenters. The van der Waals surface area contributed by atoms with Crippen LogP contribution < -0.4 is 4.74 Å². The van der Waals surface area contributed by atoms with Crippen LogP contribution >= 0.6 is 11.6 Å². The molecule has 0 radical (unpaired) electrons. The number of nitrogens with zero attached hydrogens (tertiary/aromatic N) is 1. The predicted molar refractivity (Wildman–Crippen MR) is 133 cm³/mol. The Labute approximate surface area is 206 Å². The summed E-state index contributed by atoms with van der Waals surface area (Å²) in [6.45, 7) is 11.2. The van der Waals surface area contributed by atoms with Crippen LogP contribution in [0.25, 0.3) is 0 Å². The van der Waals surface area contributed by atoms with Crippen molar-refractivity contribution in [2.24, 2.45) is 0 Å². The molecule has 1 N–H and O–H groups in total. The zero-order valence-electron chi connectivity index (χ0n) is 20.3. The van der Waals surface area contributed by atoms with Crippen molar-refractivity contribution in [1.29, 1.82) is 0 Å². The first-order chi connectivity index (χ1) is 15.9. The molecule has 0 aliphatic heterocycles. The molecule has 34 heavy (non-hydrogen) atoms. The van der Waals surface area contributed by atoms with Gasteiger partial charge in [-0.1, -0.05) is 29.8 Å². The van der Waals surface area contributed by atoms with Crippen molar-refractivity contribution >= 4 is 27.4 Å². The molecule has 0 aliphatic rings. The summed E-state index contributed by atoms with van der Waals surface area (Å²) in [6, 6.07) is 9.02. The molecule has 3 aromatic rings. The molecule has 6 nitrogen and oxygen atoms in total. The molecular formula is C26H30ClNO5S. The third-order valence-electron chi connectivity index (χ3n) is 6.05. The highest BCUT2D eigenvalue weighted by Crippen LogP contribution is 2.34. The number of aryl methyl sites for hydroxylation is 4.